The molecule has 1 amide bonds. The van der Waals surface area contributed by atoms with Crippen molar-refractivity contribution in [2.45, 2.75) is 35.6 Å². The molecule has 1 saturated heterocycles. The van der Waals surface area contributed by atoms with E-state index in [1.165, 1.54) is 28.6 Å². The molecule has 0 radical (unpaired) electrons. The van der Waals surface area contributed by atoms with Gasteiger partial charge in [-0.2, -0.15) is 4.31 Å². The minimum Gasteiger partial charge on any atom is -0.349 e. The van der Waals surface area contributed by atoms with Gasteiger partial charge in [0.2, 0.25) is 15.9 Å². The molecule has 1 N–H and O–H groups in total. The molecule has 1 aliphatic heterocycles. The highest BCUT2D eigenvalue weighted by Crippen LogP contribution is 2.26. The van der Waals surface area contributed by atoms with Gasteiger partial charge in [0.05, 0.1) is 15.8 Å². The molecule has 0 saturated carbocycles. The molecule has 0 aromatic heterocycles. The molecule has 168 valence electrons. The molecule has 1 heterocycles. The summed E-state index contributed by atoms with van der Waals surface area (Å²) in [4.78, 5) is 13.1. The summed E-state index contributed by atoms with van der Waals surface area (Å²) in [6, 6.07) is 12.2. The number of carbonyl (C=O) groups is 1. The number of halogens is 1. The monoisotopic (exact) mass is 484 g/mol. The fourth-order valence-corrected chi connectivity index (χ4v) is 5.76. The van der Waals surface area contributed by atoms with E-state index in [2.05, 4.69) is 5.32 Å². The van der Waals surface area contributed by atoms with Crippen LogP contribution in [0.1, 0.15) is 31.4 Å². The number of benzene rings is 2. The molecule has 3 rings (SSSR count). The number of nitrogens with one attached hydrogen (secondary N) is 1. The molecule has 1 fully saturated rings. The second-order valence-electron chi connectivity index (χ2n) is 7.70. The molecule has 10 heteroatoms. The van der Waals surface area contributed by atoms with Crippen LogP contribution in [-0.2, 0) is 24.7 Å². The van der Waals surface area contributed by atoms with Gasteiger partial charge in [-0.05, 0) is 61.7 Å². The van der Waals surface area contributed by atoms with Crippen LogP contribution >= 0.6 is 11.6 Å². The van der Waals surface area contributed by atoms with Gasteiger partial charge in [0.25, 0.3) is 0 Å². The van der Waals surface area contributed by atoms with Gasteiger partial charge in [-0.3, -0.25) is 4.79 Å². The lowest BCUT2D eigenvalue weighted by molar-refractivity contribution is -0.126. The third-order valence-corrected chi connectivity index (χ3v) is 8.74. The van der Waals surface area contributed by atoms with E-state index in [1.807, 2.05) is 6.92 Å². The van der Waals surface area contributed by atoms with Crippen LogP contribution in [0.3, 0.4) is 0 Å². The average molecular weight is 485 g/mol. The summed E-state index contributed by atoms with van der Waals surface area (Å²) in [5, 5.41) is 3.41. The fraction of sp³-hybridized carbons (Fsp3) is 0.381. The number of carbonyl (C=O) groups excluding carboxylic acids is 1. The third kappa shape index (κ3) is 5.65. The molecule has 0 bridgehead atoms. The third-order valence-electron chi connectivity index (χ3n) is 5.44. The van der Waals surface area contributed by atoms with Crippen molar-refractivity contribution in [3.63, 3.8) is 0 Å². The Hall–Kier alpha value is -1.94. The van der Waals surface area contributed by atoms with Gasteiger partial charge in [-0.15, -0.1) is 0 Å². The van der Waals surface area contributed by atoms with Crippen LogP contribution < -0.4 is 5.32 Å². The lowest BCUT2D eigenvalue weighted by Gasteiger charge is -2.31. The SMILES string of the molecule is C[C@H](NC(=O)C1CCN(S(=O)(=O)c2ccc(Cl)cc2)CC1)c1ccc(S(C)(=O)=O)cc1. The lowest BCUT2D eigenvalue weighted by atomic mass is 9.96. The zero-order chi connectivity index (χ0) is 22.8. The Balaban J connectivity index is 1.58. The number of hydrogen-bond acceptors (Lipinski definition) is 5. The molecule has 0 spiro atoms. The van der Waals surface area contributed by atoms with E-state index in [1.54, 1.807) is 24.3 Å². The van der Waals surface area contributed by atoms with Crippen LogP contribution in [0.2, 0.25) is 5.02 Å². The second kappa shape index (κ2) is 9.28. The molecule has 1 atom stereocenters. The van der Waals surface area contributed by atoms with Gasteiger partial charge in [0, 0.05) is 30.3 Å². The Morgan fingerprint density at radius 1 is 0.968 bits per heavy atom. The van der Waals surface area contributed by atoms with Crippen LogP contribution in [0.4, 0.5) is 0 Å². The molecule has 0 aliphatic carbocycles. The Labute approximate surface area is 188 Å². The molecule has 2 aromatic rings. The van der Waals surface area contributed by atoms with Crippen LogP contribution in [0.5, 0.6) is 0 Å². The van der Waals surface area contributed by atoms with E-state index in [0.717, 1.165) is 11.8 Å². The average Bonchev–Trinajstić information content (AvgIpc) is 2.73. The zero-order valence-corrected chi connectivity index (χ0v) is 19.7. The first-order valence-corrected chi connectivity index (χ1v) is 13.6. The molecule has 1 aliphatic rings. The summed E-state index contributed by atoms with van der Waals surface area (Å²) in [6.45, 7) is 2.36. The van der Waals surface area contributed by atoms with E-state index in [0.29, 0.717) is 17.9 Å². The van der Waals surface area contributed by atoms with Crippen molar-refractivity contribution in [3.8, 4) is 0 Å². The number of piperidine rings is 1. The zero-order valence-electron chi connectivity index (χ0n) is 17.3. The predicted octanol–water partition coefficient (Wildman–Crippen LogP) is 3.02. The molecular weight excluding hydrogens is 460 g/mol. The van der Waals surface area contributed by atoms with Crippen molar-refractivity contribution in [2.24, 2.45) is 5.92 Å². The minimum atomic E-state index is -3.62. The van der Waals surface area contributed by atoms with Crippen molar-refractivity contribution >= 4 is 37.4 Å². The van der Waals surface area contributed by atoms with Crippen LogP contribution in [0.25, 0.3) is 0 Å². The Morgan fingerprint density at radius 3 is 2.00 bits per heavy atom. The lowest BCUT2D eigenvalue weighted by Crippen LogP contribution is -2.43. The summed E-state index contributed by atoms with van der Waals surface area (Å²) in [5.41, 5.74) is 0.795. The van der Waals surface area contributed by atoms with Gasteiger partial charge in [-0.25, -0.2) is 16.8 Å². The summed E-state index contributed by atoms with van der Waals surface area (Å²) < 4.78 is 50.1. The van der Waals surface area contributed by atoms with E-state index in [9.17, 15) is 21.6 Å². The van der Waals surface area contributed by atoms with Crippen molar-refractivity contribution in [1.82, 2.24) is 9.62 Å². The molecule has 7 nitrogen and oxygen atoms in total. The van der Waals surface area contributed by atoms with Crippen molar-refractivity contribution in [3.05, 3.63) is 59.1 Å². The molecule has 31 heavy (non-hydrogen) atoms. The van der Waals surface area contributed by atoms with E-state index >= 15 is 0 Å². The first-order valence-electron chi connectivity index (χ1n) is 9.84. The quantitative estimate of drug-likeness (QED) is 0.679. The molecule has 2 aromatic carbocycles. The maximum atomic E-state index is 12.8. The van der Waals surface area contributed by atoms with Crippen LogP contribution in [0.15, 0.2) is 58.3 Å². The summed E-state index contributed by atoms with van der Waals surface area (Å²) in [7, 11) is -6.89. The maximum absolute atomic E-state index is 12.8. The minimum absolute atomic E-state index is 0.136. The smallest absolute Gasteiger partial charge is 0.243 e. The number of rotatable bonds is 6. The van der Waals surface area contributed by atoms with Gasteiger partial charge in [0.1, 0.15) is 0 Å². The van der Waals surface area contributed by atoms with Gasteiger partial charge in [-0.1, -0.05) is 23.7 Å². The van der Waals surface area contributed by atoms with Crippen LogP contribution in [-0.4, -0.2) is 46.4 Å². The Bertz CT molecular complexity index is 1140. The first-order chi connectivity index (χ1) is 14.5. The second-order valence-corrected chi connectivity index (χ2v) is 12.1. The van der Waals surface area contributed by atoms with Gasteiger partial charge in [0.15, 0.2) is 9.84 Å². The highest BCUT2D eigenvalue weighted by molar-refractivity contribution is 7.90. The Morgan fingerprint density at radius 2 is 1.48 bits per heavy atom. The largest absolute Gasteiger partial charge is 0.349 e. The Kier molecular flexibility index (Phi) is 7.10. The summed E-state index contributed by atoms with van der Waals surface area (Å²) >= 11 is 5.84. The summed E-state index contributed by atoms with van der Waals surface area (Å²) in [5.74, 6) is -0.419. The normalized spacial score (nSPS) is 17.3. The maximum Gasteiger partial charge on any atom is 0.243 e. The number of sulfonamides is 1. The highest BCUT2D eigenvalue weighted by Gasteiger charge is 2.32. The van der Waals surface area contributed by atoms with Gasteiger partial charge < -0.3 is 5.32 Å². The highest BCUT2D eigenvalue weighted by atomic mass is 35.5. The van der Waals surface area contributed by atoms with Crippen LogP contribution in [0, 0.1) is 5.92 Å². The van der Waals surface area contributed by atoms with E-state index in [4.69, 9.17) is 11.6 Å². The standard InChI is InChI=1S/C21H25ClN2O5S2/c1-15(16-3-7-19(8-4-16)30(2,26)27)23-21(25)17-11-13-24(14-12-17)31(28,29)20-9-5-18(22)6-10-20/h3-10,15,17H,11-14H2,1-2H3,(H,23,25)/t15-/m0/s1. The van der Waals surface area contributed by atoms with Gasteiger partial charge >= 0.3 is 0 Å². The predicted molar refractivity (Wildman–Crippen MR) is 119 cm³/mol. The number of sulfone groups is 1. The van der Waals surface area contributed by atoms with Crippen molar-refractivity contribution < 1.29 is 21.6 Å². The summed E-state index contributed by atoms with van der Waals surface area (Å²) in [6.07, 6.45) is 2.00. The van der Waals surface area contributed by atoms with Crippen molar-refractivity contribution in [2.75, 3.05) is 19.3 Å². The van der Waals surface area contributed by atoms with Crippen molar-refractivity contribution in [1.29, 1.82) is 0 Å². The topological polar surface area (TPSA) is 101 Å². The molecular formula is C21H25ClN2O5S2. The fourth-order valence-electron chi connectivity index (χ4n) is 3.53. The first kappa shape index (κ1) is 23.7. The molecule has 0 unspecified atom stereocenters. The van der Waals surface area contributed by atoms with E-state index < -0.39 is 19.9 Å². The number of nitrogens with zero attached hydrogens (tertiary/aromatic N) is 1. The van der Waals surface area contributed by atoms with E-state index in [-0.39, 0.29) is 40.7 Å². The number of hydrogen-bond donors (Lipinski definition) is 1. The number of amides is 1.